The molecule has 0 saturated heterocycles. The summed E-state index contributed by atoms with van der Waals surface area (Å²) in [4.78, 5) is 3.49. The molecular formula is C8H5F2IN2O. The Bertz CT molecular complexity index is 390. The number of nitrogens with zero attached hydrogens (tertiary/aromatic N) is 2. The van der Waals surface area contributed by atoms with Crippen LogP contribution >= 0.6 is 22.6 Å². The lowest BCUT2D eigenvalue weighted by Crippen LogP contribution is -2.02. The lowest BCUT2D eigenvalue weighted by atomic mass is 10.1. The summed E-state index contributed by atoms with van der Waals surface area (Å²) in [5.41, 5.74) is -0.0842. The van der Waals surface area contributed by atoms with Gasteiger partial charge in [-0.25, -0.2) is 8.78 Å². The highest BCUT2D eigenvalue weighted by molar-refractivity contribution is 14.1. The standard InChI is InChI=1S/C8H5F2IN2O/c9-8(10)7-6(11)5(1-12)4(3-14)2-13-7/h2,8,14H,3H2. The third-order valence-corrected chi connectivity index (χ3v) is 2.71. The van der Waals surface area contributed by atoms with E-state index >= 15 is 0 Å². The molecule has 6 heteroatoms. The summed E-state index contributed by atoms with van der Waals surface area (Å²) in [6.07, 6.45) is -1.61. The van der Waals surface area contributed by atoms with E-state index in [0.29, 0.717) is 0 Å². The summed E-state index contributed by atoms with van der Waals surface area (Å²) in [6.45, 7) is -0.380. The first kappa shape index (κ1) is 11.3. The highest BCUT2D eigenvalue weighted by Gasteiger charge is 2.18. The van der Waals surface area contributed by atoms with Gasteiger partial charge in [0, 0.05) is 11.8 Å². The Kier molecular flexibility index (Phi) is 3.71. The van der Waals surface area contributed by atoms with Crippen LogP contribution in [0, 0.1) is 14.9 Å². The molecule has 0 radical (unpaired) electrons. The van der Waals surface area contributed by atoms with Crippen LogP contribution in [0.4, 0.5) is 8.78 Å². The van der Waals surface area contributed by atoms with Crippen LogP contribution in [0.3, 0.4) is 0 Å². The molecule has 0 aliphatic rings. The molecule has 0 unspecified atom stereocenters. The predicted octanol–water partition coefficient (Wildman–Crippen LogP) is 1.99. The molecule has 0 fully saturated rings. The van der Waals surface area contributed by atoms with Crippen molar-refractivity contribution in [2.45, 2.75) is 13.0 Å². The first-order valence-corrected chi connectivity index (χ1v) is 4.66. The fraction of sp³-hybridized carbons (Fsp3) is 0.250. The summed E-state index contributed by atoms with van der Waals surface area (Å²) < 4.78 is 24.8. The average molecular weight is 310 g/mol. The van der Waals surface area contributed by atoms with E-state index in [9.17, 15) is 8.78 Å². The largest absolute Gasteiger partial charge is 0.392 e. The number of aromatic nitrogens is 1. The molecular weight excluding hydrogens is 305 g/mol. The molecule has 0 aliphatic heterocycles. The van der Waals surface area contributed by atoms with Crippen molar-refractivity contribution in [3.8, 4) is 6.07 Å². The summed E-state index contributed by atoms with van der Waals surface area (Å²) >= 11 is 1.63. The molecule has 1 N–H and O–H groups in total. The molecule has 0 saturated carbocycles. The van der Waals surface area contributed by atoms with Gasteiger partial charge < -0.3 is 5.11 Å². The van der Waals surface area contributed by atoms with E-state index in [-0.39, 0.29) is 21.3 Å². The maximum atomic E-state index is 12.3. The number of aliphatic hydroxyl groups is 1. The molecule has 1 aromatic heterocycles. The molecule has 74 valence electrons. The first-order chi connectivity index (χ1) is 6.61. The lowest BCUT2D eigenvalue weighted by molar-refractivity contribution is 0.145. The van der Waals surface area contributed by atoms with E-state index < -0.39 is 12.1 Å². The maximum Gasteiger partial charge on any atom is 0.281 e. The predicted molar refractivity (Wildman–Crippen MR) is 52.5 cm³/mol. The fourth-order valence-electron chi connectivity index (χ4n) is 0.931. The third-order valence-electron chi connectivity index (χ3n) is 1.61. The summed E-state index contributed by atoms with van der Waals surface area (Å²) in [5.74, 6) is 0. The fourth-order valence-corrected chi connectivity index (χ4v) is 1.77. The normalized spacial score (nSPS) is 10.3. The summed E-state index contributed by atoms with van der Waals surface area (Å²) in [5, 5.41) is 17.5. The van der Waals surface area contributed by atoms with Gasteiger partial charge in [0.05, 0.1) is 15.7 Å². The van der Waals surface area contributed by atoms with E-state index in [1.807, 2.05) is 0 Å². The molecule has 0 aromatic carbocycles. The number of hydrogen-bond donors (Lipinski definition) is 1. The van der Waals surface area contributed by atoms with Gasteiger partial charge in [-0.2, -0.15) is 5.26 Å². The van der Waals surface area contributed by atoms with Crippen molar-refractivity contribution in [2.24, 2.45) is 0 Å². The van der Waals surface area contributed by atoms with Gasteiger partial charge in [-0.15, -0.1) is 0 Å². The van der Waals surface area contributed by atoms with Crippen LogP contribution in [0.2, 0.25) is 0 Å². The van der Waals surface area contributed by atoms with Crippen molar-refractivity contribution in [2.75, 3.05) is 0 Å². The van der Waals surface area contributed by atoms with Gasteiger partial charge in [0.25, 0.3) is 6.43 Å². The van der Waals surface area contributed by atoms with Gasteiger partial charge in [-0.3, -0.25) is 4.98 Å². The molecule has 0 aliphatic carbocycles. The maximum absolute atomic E-state index is 12.3. The SMILES string of the molecule is N#Cc1c(CO)cnc(C(F)F)c1I. The molecule has 0 bridgehead atoms. The van der Waals surface area contributed by atoms with Crippen molar-refractivity contribution >= 4 is 22.6 Å². The second-order valence-electron chi connectivity index (χ2n) is 2.43. The Balaban J connectivity index is 3.37. The number of pyridine rings is 1. The molecule has 0 amide bonds. The van der Waals surface area contributed by atoms with Crippen LogP contribution in [-0.2, 0) is 6.61 Å². The Hall–Kier alpha value is -0.810. The minimum atomic E-state index is -2.71. The zero-order valence-corrected chi connectivity index (χ0v) is 8.99. The van der Waals surface area contributed by atoms with Gasteiger partial charge in [0.2, 0.25) is 0 Å². The second kappa shape index (κ2) is 4.61. The highest BCUT2D eigenvalue weighted by Crippen LogP contribution is 2.26. The quantitative estimate of drug-likeness (QED) is 0.850. The van der Waals surface area contributed by atoms with Crippen molar-refractivity contribution < 1.29 is 13.9 Å². The smallest absolute Gasteiger partial charge is 0.281 e. The van der Waals surface area contributed by atoms with Crippen LogP contribution < -0.4 is 0 Å². The Morgan fingerprint density at radius 3 is 2.71 bits per heavy atom. The van der Waals surface area contributed by atoms with Crippen molar-refractivity contribution in [3.05, 3.63) is 26.6 Å². The lowest BCUT2D eigenvalue weighted by Gasteiger charge is -2.06. The third kappa shape index (κ3) is 1.99. The van der Waals surface area contributed by atoms with E-state index in [0.717, 1.165) is 6.20 Å². The molecule has 14 heavy (non-hydrogen) atoms. The minimum Gasteiger partial charge on any atom is -0.392 e. The Morgan fingerprint density at radius 1 is 1.64 bits per heavy atom. The van der Waals surface area contributed by atoms with Gasteiger partial charge >= 0.3 is 0 Å². The molecule has 1 heterocycles. The average Bonchev–Trinajstić information content (AvgIpc) is 2.16. The van der Waals surface area contributed by atoms with Gasteiger partial charge in [-0.05, 0) is 22.6 Å². The zero-order chi connectivity index (χ0) is 10.7. The molecule has 1 rings (SSSR count). The number of alkyl halides is 2. The molecule has 1 aromatic rings. The van der Waals surface area contributed by atoms with Gasteiger partial charge in [0.1, 0.15) is 11.8 Å². The van der Waals surface area contributed by atoms with E-state index in [2.05, 4.69) is 4.98 Å². The number of nitriles is 1. The van der Waals surface area contributed by atoms with E-state index in [1.165, 1.54) is 0 Å². The summed E-state index contributed by atoms with van der Waals surface area (Å²) in [7, 11) is 0. The number of halogens is 3. The zero-order valence-electron chi connectivity index (χ0n) is 6.84. The molecule has 0 atom stereocenters. The topological polar surface area (TPSA) is 56.9 Å². The highest BCUT2D eigenvalue weighted by atomic mass is 127. The monoisotopic (exact) mass is 310 g/mol. The van der Waals surface area contributed by atoms with Crippen molar-refractivity contribution in [1.29, 1.82) is 5.26 Å². The number of hydrogen-bond acceptors (Lipinski definition) is 3. The second-order valence-corrected chi connectivity index (χ2v) is 3.51. The number of rotatable bonds is 2. The van der Waals surface area contributed by atoms with Gasteiger partial charge in [-0.1, -0.05) is 0 Å². The van der Waals surface area contributed by atoms with Crippen LogP contribution in [-0.4, -0.2) is 10.1 Å². The van der Waals surface area contributed by atoms with Crippen LogP contribution in [0.5, 0.6) is 0 Å². The van der Waals surface area contributed by atoms with Crippen molar-refractivity contribution in [3.63, 3.8) is 0 Å². The molecule has 0 spiro atoms. The minimum absolute atomic E-state index is 0.0680. The van der Waals surface area contributed by atoms with Crippen LogP contribution in [0.25, 0.3) is 0 Å². The van der Waals surface area contributed by atoms with E-state index in [1.54, 1.807) is 28.7 Å². The molecule has 3 nitrogen and oxygen atoms in total. The van der Waals surface area contributed by atoms with Gasteiger partial charge in [0.15, 0.2) is 0 Å². The van der Waals surface area contributed by atoms with E-state index in [4.69, 9.17) is 10.4 Å². The number of aliphatic hydroxyl groups excluding tert-OH is 1. The Labute approximate surface area is 92.5 Å². The summed E-state index contributed by atoms with van der Waals surface area (Å²) in [6, 6.07) is 1.77. The Morgan fingerprint density at radius 2 is 2.29 bits per heavy atom. The first-order valence-electron chi connectivity index (χ1n) is 3.58. The van der Waals surface area contributed by atoms with Crippen molar-refractivity contribution in [1.82, 2.24) is 4.98 Å². The van der Waals surface area contributed by atoms with Crippen LogP contribution in [0.1, 0.15) is 23.2 Å². The van der Waals surface area contributed by atoms with Crippen LogP contribution in [0.15, 0.2) is 6.20 Å².